The number of nitrogens with zero attached hydrogens (tertiary/aromatic N) is 1. The van der Waals surface area contributed by atoms with Gasteiger partial charge in [-0.1, -0.05) is 31.2 Å². The topological polar surface area (TPSA) is 98.8 Å². The van der Waals surface area contributed by atoms with E-state index >= 15 is 0 Å². The molecule has 4 atom stereocenters. The Bertz CT molecular complexity index is 859. The molecule has 0 aromatic carbocycles. The summed E-state index contributed by atoms with van der Waals surface area (Å²) in [5, 5.41) is 6.26. The quantitative estimate of drug-likeness (QED) is 0.728. The lowest BCUT2D eigenvalue weighted by molar-refractivity contribution is 0.0397. The Morgan fingerprint density at radius 3 is 2.70 bits per heavy atom. The van der Waals surface area contributed by atoms with Gasteiger partial charge in [0.05, 0.1) is 30.9 Å². The second kappa shape index (κ2) is 8.77. The van der Waals surface area contributed by atoms with Gasteiger partial charge in [0, 0.05) is 12.1 Å². The molecule has 2 N–H and O–H groups in total. The van der Waals surface area contributed by atoms with Crippen molar-refractivity contribution < 1.29 is 23.8 Å². The molecule has 0 bridgehead atoms. The molecule has 30 heavy (non-hydrogen) atoms. The lowest BCUT2D eigenvalue weighted by atomic mass is 9.81. The van der Waals surface area contributed by atoms with Gasteiger partial charge in [-0.25, -0.2) is 14.6 Å². The van der Waals surface area contributed by atoms with Crippen LogP contribution in [0.1, 0.15) is 38.1 Å². The van der Waals surface area contributed by atoms with E-state index < -0.39 is 17.7 Å². The predicted octanol–water partition coefficient (Wildman–Crippen LogP) is 3.31. The Balaban J connectivity index is 1.82. The number of esters is 1. The van der Waals surface area contributed by atoms with Crippen LogP contribution >= 0.6 is 0 Å². The van der Waals surface area contributed by atoms with Crippen molar-refractivity contribution in [1.29, 1.82) is 0 Å². The maximum Gasteiger partial charge on any atom is 0.408 e. The fraction of sp³-hybridized carbons (Fsp3) is 0.500. The fourth-order valence-corrected chi connectivity index (χ4v) is 3.56. The molecule has 1 amide bonds. The number of allylic oxidation sites excluding steroid dienone is 3. The minimum Gasteiger partial charge on any atom is -0.469 e. The van der Waals surface area contributed by atoms with E-state index in [0.29, 0.717) is 23.7 Å². The number of carbonyl (C=O) groups excluding carboxylic acids is 2. The SMILES string of the molecule is COC(=O)c1cnc2c(c1)NC[C@@H]([C@H](NC(=O)OC(C)(C)C)C1C=CC=CC1C)O2. The summed E-state index contributed by atoms with van der Waals surface area (Å²) in [5.74, 6) is 0.129. The highest BCUT2D eigenvalue weighted by molar-refractivity contribution is 5.90. The van der Waals surface area contributed by atoms with Crippen LogP contribution in [0.15, 0.2) is 36.6 Å². The van der Waals surface area contributed by atoms with Crippen molar-refractivity contribution in [2.75, 3.05) is 19.0 Å². The zero-order valence-corrected chi connectivity index (χ0v) is 18.0. The number of aromatic nitrogens is 1. The number of fused-ring (bicyclic) bond motifs is 1. The Morgan fingerprint density at radius 1 is 1.30 bits per heavy atom. The molecule has 8 heteroatoms. The van der Waals surface area contributed by atoms with Crippen LogP contribution in [0.3, 0.4) is 0 Å². The molecule has 0 spiro atoms. The molecule has 1 aromatic heterocycles. The summed E-state index contributed by atoms with van der Waals surface area (Å²) >= 11 is 0. The molecule has 162 valence electrons. The van der Waals surface area contributed by atoms with Crippen molar-refractivity contribution in [3.05, 3.63) is 42.1 Å². The summed E-state index contributed by atoms with van der Waals surface area (Å²) < 4.78 is 16.4. The Labute approximate surface area is 176 Å². The van der Waals surface area contributed by atoms with Gasteiger partial charge in [-0.2, -0.15) is 0 Å². The predicted molar refractivity (Wildman–Crippen MR) is 113 cm³/mol. The van der Waals surface area contributed by atoms with Crippen LogP contribution in [0.4, 0.5) is 10.5 Å². The van der Waals surface area contributed by atoms with E-state index in [1.807, 2.05) is 32.9 Å². The molecule has 0 saturated carbocycles. The third kappa shape index (κ3) is 5.11. The maximum absolute atomic E-state index is 12.5. The zero-order chi connectivity index (χ0) is 21.9. The fourth-order valence-electron chi connectivity index (χ4n) is 3.56. The van der Waals surface area contributed by atoms with Crippen molar-refractivity contribution >= 4 is 17.7 Å². The molecule has 0 fully saturated rings. The van der Waals surface area contributed by atoms with Gasteiger partial charge in [0.15, 0.2) is 0 Å². The first-order valence-electron chi connectivity index (χ1n) is 10.0. The number of hydrogen-bond acceptors (Lipinski definition) is 7. The molecule has 0 radical (unpaired) electrons. The van der Waals surface area contributed by atoms with Gasteiger partial charge in [0.1, 0.15) is 11.7 Å². The van der Waals surface area contributed by atoms with Crippen LogP contribution in [0.5, 0.6) is 5.88 Å². The lowest BCUT2D eigenvalue weighted by Gasteiger charge is -2.38. The molecule has 8 nitrogen and oxygen atoms in total. The number of ether oxygens (including phenoxy) is 3. The van der Waals surface area contributed by atoms with Crippen molar-refractivity contribution in [3.8, 4) is 5.88 Å². The molecule has 1 aliphatic carbocycles. The third-order valence-corrected chi connectivity index (χ3v) is 4.99. The average Bonchev–Trinajstić information content (AvgIpc) is 2.70. The normalized spacial score (nSPS) is 23.4. The van der Waals surface area contributed by atoms with E-state index in [-0.39, 0.29) is 24.0 Å². The van der Waals surface area contributed by atoms with E-state index in [0.717, 1.165) is 0 Å². The number of carbonyl (C=O) groups is 2. The molecule has 3 rings (SSSR count). The number of amides is 1. The standard InChI is InChI=1S/C22H29N3O5/c1-13-8-6-7-9-15(13)18(25-21(27)30-22(2,3)4)17-12-23-16-10-14(20(26)28-5)11-24-19(16)29-17/h6-11,13,15,17-18,23H,12H2,1-5H3,(H,25,27)/t13?,15?,17-,18+/m0/s1. The average molecular weight is 415 g/mol. The molecule has 1 aromatic rings. The first kappa shape index (κ1) is 21.7. The second-order valence-corrected chi connectivity index (χ2v) is 8.48. The summed E-state index contributed by atoms with van der Waals surface area (Å²) in [7, 11) is 1.32. The van der Waals surface area contributed by atoms with Gasteiger partial charge in [0.25, 0.3) is 0 Å². The number of hydrogen-bond donors (Lipinski definition) is 2. The molecular formula is C22H29N3O5. The smallest absolute Gasteiger partial charge is 0.408 e. The van der Waals surface area contributed by atoms with Gasteiger partial charge in [0.2, 0.25) is 5.88 Å². The highest BCUT2D eigenvalue weighted by Crippen LogP contribution is 2.32. The summed E-state index contributed by atoms with van der Waals surface area (Å²) in [5.41, 5.74) is 0.340. The summed E-state index contributed by atoms with van der Waals surface area (Å²) in [6.07, 6.45) is 8.67. The summed E-state index contributed by atoms with van der Waals surface area (Å²) in [6, 6.07) is 1.30. The number of nitrogens with one attached hydrogen (secondary N) is 2. The van der Waals surface area contributed by atoms with Crippen molar-refractivity contribution in [2.24, 2.45) is 11.8 Å². The van der Waals surface area contributed by atoms with Gasteiger partial charge in [-0.3, -0.25) is 0 Å². The first-order chi connectivity index (χ1) is 14.2. The van der Waals surface area contributed by atoms with Gasteiger partial charge in [-0.05, 0) is 32.8 Å². The Hall–Kier alpha value is -3.03. The molecule has 2 heterocycles. The molecular weight excluding hydrogens is 386 g/mol. The van der Waals surface area contributed by atoms with Crippen molar-refractivity contribution in [3.63, 3.8) is 0 Å². The summed E-state index contributed by atoms with van der Waals surface area (Å²) in [6.45, 7) is 8.00. The van der Waals surface area contributed by atoms with E-state index in [4.69, 9.17) is 14.2 Å². The van der Waals surface area contributed by atoms with Crippen molar-refractivity contribution in [2.45, 2.75) is 45.4 Å². The number of anilines is 1. The van der Waals surface area contributed by atoms with Crippen LogP contribution in [0, 0.1) is 11.8 Å². The largest absolute Gasteiger partial charge is 0.469 e. The van der Waals surface area contributed by atoms with Crippen LogP contribution < -0.4 is 15.4 Å². The van der Waals surface area contributed by atoms with Crippen LogP contribution in [-0.4, -0.2) is 48.4 Å². The van der Waals surface area contributed by atoms with Crippen LogP contribution in [0.25, 0.3) is 0 Å². The second-order valence-electron chi connectivity index (χ2n) is 8.48. The number of pyridine rings is 1. The lowest BCUT2D eigenvalue weighted by Crippen LogP contribution is -2.55. The third-order valence-electron chi connectivity index (χ3n) is 4.99. The number of alkyl carbamates (subject to hydrolysis) is 1. The van der Waals surface area contributed by atoms with E-state index in [1.165, 1.54) is 13.3 Å². The zero-order valence-electron chi connectivity index (χ0n) is 18.0. The highest BCUT2D eigenvalue weighted by Gasteiger charge is 2.37. The van der Waals surface area contributed by atoms with Gasteiger partial charge >= 0.3 is 12.1 Å². The van der Waals surface area contributed by atoms with E-state index in [9.17, 15) is 9.59 Å². The minimum atomic E-state index is -0.604. The van der Waals surface area contributed by atoms with Gasteiger partial charge < -0.3 is 24.8 Å². The molecule has 2 unspecified atom stereocenters. The Kier molecular flexibility index (Phi) is 6.34. The van der Waals surface area contributed by atoms with Crippen molar-refractivity contribution in [1.82, 2.24) is 10.3 Å². The number of methoxy groups -OCH3 is 1. The maximum atomic E-state index is 12.5. The van der Waals surface area contributed by atoms with E-state index in [1.54, 1.807) is 6.07 Å². The molecule has 0 saturated heterocycles. The monoisotopic (exact) mass is 415 g/mol. The minimum absolute atomic E-state index is 0.0187. The summed E-state index contributed by atoms with van der Waals surface area (Å²) in [4.78, 5) is 28.5. The molecule has 1 aliphatic heterocycles. The van der Waals surface area contributed by atoms with Gasteiger partial charge in [-0.15, -0.1) is 0 Å². The van der Waals surface area contributed by atoms with Crippen LogP contribution in [-0.2, 0) is 9.47 Å². The Morgan fingerprint density at radius 2 is 2.03 bits per heavy atom. The highest BCUT2D eigenvalue weighted by atomic mass is 16.6. The first-order valence-corrected chi connectivity index (χ1v) is 10.0. The number of rotatable bonds is 4. The molecule has 2 aliphatic rings. The van der Waals surface area contributed by atoms with E-state index in [2.05, 4.69) is 34.7 Å². The van der Waals surface area contributed by atoms with Crippen LogP contribution in [0.2, 0.25) is 0 Å².